The number of anilines is 1. The van der Waals surface area contributed by atoms with Crippen molar-refractivity contribution in [3.05, 3.63) is 46.0 Å². The molecule has 1 saturated heterocycles. The summed E-state index contributed by atoms with van der Waals surface area (Å²) in [7, 11) is 1.82. The number of guanidine groups is 1. The number of aryl methyl sites for hydroxylation is 2. The molecule has 0 saturated carbocycles. The number of thiazole rings is 1. The zero-order chi connectivity index (χ0) is 19.1. The summed E-state index contributed by atoms with van der Waals surface area (Å²) in [5.41, 5.74) is 5.18. The Morgan fingerprint density at radius 2 is 1.74 bits per heavy atom. The van der Waals surface area contributed by atoms with Crippen LogP contribution in [0.15, 0.2) is 28.6 Å². The van der Waals surface area contributed by atoms with Gasteiger partial charge in [-0.15, -0.1) is 11.3 Å². The highest BCUT2D eigenvalue weighted by Crippen LogP contribution is 2.24. The number of nitrogens with one attached hydrogen (secondary N) is 2. The number of hydrogen-bond acceptors (Lipinski definition) is 4. The Morgan fingerprint density at radius 3 is 2.41 bits per heavy atom. The monoisotopic (exact) mass is 385 g/mol. The van der Waals surface area contributed by atoms with Gasteiger partial charge in [0.1, 0.15) is 0 Å². The molecule has 2 heterocycles. The van der Waals surface area contributed by atoms with Crippen molar-refractivity contribution in [2.75, 3.05) is 38.1 Å². The maximum atomic E-state index is 4.78. The molecule has 0 aliphatic carbocycles. The molecule has 1 aliphatic heterocycles. The van der Waals surface area contributed by atoms with Crippen molar-refractivity contribution in [1.29, 1.82) is 0 Å². The molecule has 1 aromatic carbocycles. The first-order valence-corrected chi connectivity index (χ1v) is 10.7. The van der Waals surface area contributed by atoms with Gasteiger partial charge in [0.05, 0.1) is 5.69 Å². The molecule has 0 spiro atoms. The number of aliphatic imine (C=N–C) groups is 1. The largest absolute Gasteiger partial charge is 0.356 e. The summed E-state index contributed by atoms with van der Waals surface area (Å²) in [6.07, 6.45) is 4.50. The van der Waals surface area contributed by atoms with E-state index in [9.17, 15) is 0 Å². The van der Waals surface area contributed by atoms with Gasteiger partial charge in [0.25, 0.3) is 0 Å². The molecule has 2 N–H and O–H groups in total. The van der Waals surface area contributed by atoms with Crippen LogP contribution in [0.3, 0.4) is 0 Å². The normalized spacial score (nSPS) is 14.6. The van der Waals surface area contributed by atoms with Crippen LogP contribution in [0.1, 0.15) is 35.2 Å². The summed E-state index contributed by atoms with van der Waals surface area (Å²) in [4.78, 5) is 11.5. The number of benzene rings is 1. The molecule has 3 rings (SSSR count). The molecule has 1 aliphatic rings. The summed E-state index contributed by atoms with van der Waals surface area (Å²) in [5, 5.41) is 10.2. The van der Waals surface area contributed by atoms with E-state index in [1.165, 1.54) is 40.4 Å². The van der Waals surface area contributed by atoms with E-state index in [1.807, 2.05) is 7.05 Å². The second kappa shape index (κ2) is 9.74. The predicted octanol–water partition coefficient (Wildman–Crippen LogP) is 3.31. The number of nitrogens with zero attached hydrogens (tertiary/aromatic N) is 3. The fourth-order valence-corrected chi connectivity index (χ4v) is 4.45. The summed E-state index contributed by atoms with van der Waals surface area (Å²) in [6.45, 7) is 8.32. The van der Waals surface area contributed by atoms with Gasteiger partial charge in [-0.1, -0.05) is 29.3 Å². The third-order valence-corrected chi connectivity index (χ3v) is 5.75. The molecule has 0 atom stereocenters. The van der Waals surface area contributed by atoms with Gasteiger partial charge in [-0.2, -0.15) is 0 Å². The van der Waals surface area contributed by atoms with Crippen LogP contribution in [0.4, 0.5) is 5.13 Å². The number of rotatable bonds is 7. The van der Waals surface area contributed by atoms with E-state index >= 15 is 0 Å². The Balaban J connectivity index is 1.39. The Kier molecular flexibility index (Phi) is 7.10. The van der Waals surface area contributed by atoms with Crippen LogP contribution >= 0.6 is 11.3 Å². The van der Waals surface area contributed by atoms with E-state index in [2.05, 4.69) is 58.0 Å². The van der Waals surface area contributed by atoms with Crippen molar-refractivity contribution in [3.8, 4) is 0 Å². The molecule has 2 aromatic rings. The van der Waals surface area contributed by atoms with Crippen LogP contribution in [-0.4, -0.2) is 44.2 Å². The topological polar surface area (TPSA) is 52.6 Å². The Hall–Kier alpha value is -2.08. The minimum Gasteiger partial charge on any atom is -0.356 e. The van der Waals surface area contributed by atoms with E-state index in [0.29, 0.717) is 0 Å². The molecule has 0 unspecified atom stereocenters. The van der Waals surface area contributed by atoms with Gasteiger partial charge in [0.15, 0.2) is 11.1 Å². The summed E-state index contributed by atoms with van der Waals surface area (Å²) >= 11 is 1.77. The van der Waals surface area contributed by atoms with Crippen LogP contribution < -0.4 is 15.5 Å². The smallest absolute Gasteiger partial charge is 0.190 e. The molecule has 1 aromatic heterocycles. The second-order valence-electron chi connectivity index (χ2n) is 7.24. The summed E-state index contributed by atoms with van der Waals surface area (Å²) < 4.78 is 0. The molecular weight excluding hydrogens is 354 g/mol. The SMILES string of the molecule is CN=C(NCCc1cc(C)cc(C)c1)NCCc1csc(N2CCCC2)n1. The third kappa shape index (κ3) is 5.96. The molecule has 6 heteroatoms. The van der Waals surface area contributed by atoms with Gasteiger partial charge < -0.3 is 15.5 Å². The van der Waals surface area contributed by atoms with E-state index in [4.69, 9.17) is 4.98 Å². The van der Waals surface area contributed by atoms with Gasteiger partial charge in [0, 0.05) is 45.0 Å². The zero-order valence-corrected chi connectivity index (χ0v) is 17.5. The van der Waals surface area contributed by atoms with Gasteiger partial charge in [-0.25, -0.2) is 4.98 Å². The van der Waals surface area contributed by atoms with Gasteiger partial charge >= 0.3 is 0 Å². The van der Waals surface area contributed by atoms with Crippen molar-refractivity contribution in [2.45, 2.75) is 39.5 Å². The lowest BCUT2D eigenvalue weighted by Crippen LogP contribution is -2.39. The Morgan fingerprint density at radius 1 is 1.07 bits per heavy atom. The van der Waals surface area contributed by atoms with E-state index in [1.54, 1.807) is 11.3 Å². The Bertz CT molecular complexity index is 741. The number of aromatic nitrogens is 1. The highest BCUT2D eigenvalue weighted by atomic mass is 32.1. The first-order valence-electron chi connectivity index (χ1n) is 9.85. The van der Waals surface area contributed by atoms with Crippen LogP contribution in [0.5, 0.6) is 0 Å². The number of hydrogen-bond donors (Lipinski definition) is 2. The van der Waals surface area contributed by atoms with Crippen molar-refractivity contribution in [2.24, 2.45) is 4.99 Å². The van der Waals surface area contributed by atoms with Crippen LogP contribution in [0.25, 0.3) is 0 Å². The fourth-order valence-electron chi connectivity index (χ4n) is 3.53. The van der Waals surface area contributed by atoms with E-state index < -0.39 is 0 Å². The predicted molar refractivity (Wildman–Crippen MR) is 116 cm³/mol. The van der Waals surface area contributed by atoms with Gasteiger partial charge in [-0.3, -0.25) is 4.99 Å². The van der Waals surface area contributed by atoms with Crippen LogP contribution in [0.2, 0.25) is 0 Å². The van der Waals surface area contributed by atoms with Crippen LogP contribution in [0, 0.1) is 13.8 Å². The van der Waals surface area contributed by atoms with Crippen molar-refractivity contribution in [1.82, 2.24) is 15.6 Å². The van der Waals surface area contributed by atoms with Crippen molar-refractivity contribution < 1.29 is 0 Å². The van der Waals surface area contributed by atoms with E-state index in [0.717, 1.165) is 45.0 Å². The maximum absolute atomic E-state index is 4.78. The minimum absolute atomic E-state index is 0.840. The third-order valence-electron chi connectivity index (χ3n) is 4.80. The average molecular weight is 386 g/mol. The molecule has 0 bridgehead atoms. The second-order valence-corrected chi connectivity index (χ2v) is 8.07. The molecule has 5 nitrogen and oxygen atoms in total. The summed E-state index contributed by atoms with van der Waals surface area (Å²) in [6, 6.07) is 6.72. The average Bonchev–Trinajstić information content (AvgIpc) is 3.31. The van der Waals surface area contributed by atoms with E-state index in [-0.39, 0.29) is 0 Å². The van der Waals surface area contributed by atoms with Crippen molar-refractivity contribution >= 4 is 22.4 Å². The Labute approximate surface area is 166 Å². The zero-order valence-electron chi connectivity index (χ0n) is 16.7. The van der Waals surface area contributed by atoms with Crippen molar-refractivity contribution in [3.63, 3.8) is 0 Å². The van der Waals surface area contributed by atoms with Gasteiger partial charge in [0.2, 0.25) is 0 Å². The summed E-state index contributed by atoms with van der Waals surface area (Å²) in [5.74, 6) is 0.856. The lowest BCUT2D eigenvalue weighted by atomic mass is 10.1. The molecule has 0 amide bonds. The highest BCUT2D eigenvalue weighted by molar-refractivity contribution is 7.13. The van der Waals surface area contributed by atoms with Crippen LogP contribution in [-0.2, 0) is 12.8 Å². The lowest BCUT2D eigenvalue weighted by Gasteiger charge is -2.13. The maximum Gasteiger partial charge on any atom is 0.190 e. The standard InChI is InChI=1S/C21H31N5S/c1-16-12-17(2)14-18(13-16)6-8-23-20(22-3)24-9-7-19-15-27-21(25-19)26-10-4-5-11-26/h12-15H,4-11H2,1-3H3,(H2,22,23,24). The first-order chi connectivity index (χ1) is 13.1. The molecule has 27 heavy (non-hydrogen) atoms. The van der Waals surface area contributed by atoms with Gasteiger partial charge in [-0.05, 0) is 38.7 Å². The molecule has 0 radical (unpaired) electrons. The molecular formula is C21H31N5S. The molecule has 146 valence electrons. The molecule has 1 fully saturated rings. The minimum atomic E-state index is 0.840. The lowest BCUT2D eigenvalue weighted by molar-refractivity contribution is 0.777. The quantitative estimate of drug-likeness (QED) is 0.567. The fraction of sp³-hybridized carbons (Fsp3) is 0.524. The highest BCUT2D eigenvalue weighted by Gasteiger charge is 2.15. The first kappa shape index (κ1) is 19.7.